The molecule has 1 aliphatic heterocycles. The third kappa shape index (κ3) is 4.03. The molecule has 0 aromatic carbocycles. The van der Waals surface area contributed by atoms with Crippen molar-refractivity contribution in [1.82, 2.24) is 15.1 Å². The second-order valence-electron chi connectivity index (χ2n) is 4.86. The van der Waals surface area contributed by atoms with Gasteiger partial charge in [0.25, 0.3) is 5.56 Å². The minimum absolute atomic E-state index is 0.117. The van der Waals surface area contributed by atoms with Gasteiger partial charge in [0.1, 0.15) is 4.47 Å². The molecular weight excluding hydrogens is 340 g/mol. The third-order valence-corrected chi connectivity index (χ3v) is 4.13. The van der Waals surface area contributed by atoms with Gasteiger partial charge >= 0.3 is 0 Å². The summed E-state index contributed by atoms with van der Waals surface area (Å²) in [6, 6.07) is 0. The third-order valence-electron chi connectivity index (χ3n) is 3.38. The molecule has 0 aliphatic carbocycles. The Morgan fingerprint density at radius 1 is 1.62 bits per heavy atom. The van der Waals surface area contributed by atoms with Crippen LogP contribution in [0, 0.1) is 0 Å². The molecule has 2 heterocycles. The predicted octanol–water partition coefficient (Wildman–Crippen LogP) is 0.0768. The Kier molecular flexibility index (Phi) is 6.16. The van der Waals surface area contributed by atoms with E-state index in [1.807, 2.05) is 7.05 Å². The van der Waals surface area contributed by atoms with Crippen molar-refractivity contribution in [3.05, 3.63) is 21.0 Å². The van der Waals surface area contributed by atoms with Crippen molar-refractivity contribution >= 4 is 21.6 Å². The van der Waals surface area contributed by atoms with Crippen molar-refractivity contribution in [2.45, 2.75) is 12.6 Å². The Labute approximate surface area is 132 Å². The Morgan fingerprint density at radius 3 is 3.14 bits per heavy atom. The average molecular weight is 361 g/mol. The van der Waals surface area contributed by atoms with E-state index in [-0.39, 0.29) is 11.7 Å². The highest BCUT2D eigenvalue weighted by Crippen LogP contribution is 2.23. The molecule has 1 atom stereocenters. The number of aromatic nitrogens is 2. The van der Waals surface area contributed by atoms with E-state index in [0.29, 0.717) is 24.2 Å². The van der Waals surface area contributed by atoms with Crippen LogP contribution in [0.4, 0.5) is 5.69 Å². The standard InChI is InChI=1S/C13H21BrN4O3/c1-15-7-10-9-17(3-6-21-10)11-8-16-18(4-5-20-2)13(19)12(11)14/h8,10,15H,3-7,9H2,1-2H3. The summed E-state index contributed by atoms with van der Waals surface area (Å²) in [5, 5.41) is 7.33. The van der Waals surface area contributed by atoms with Crippen LogP contribution in [0.25, 0.3) is 0 Å². The quantitative estimate of drug-likeness (QED) is 0.774. The number of likely N-dealkylation sites (N-methyl/N-ethyl adjacent to an activating group) is 1. The van der Waals surface area contributed by atoms with Gasteiger partial charge in [-0.25, -0.2) is 4.68 Å². The fraction of sp³-hybridized carbons (Fsp3) is 0.692. The molecule has 1 aromatic rings. The number of methoxy groups -OCH3 is 1. The van der Waals surface area contributed by atoms with Crippen LogP contribution in [-0.4, -0.2) is 62.9 Å². The van der Waals surface area contributed by atoms with Gasteiger partial charge in [-0.3, -0.25) is 4.79 Å². The predicted molar refractivity (Wildman–Crippen MR) is 84.0 cm³/mol. The van der Waals surface area contributed by atoms with Crippen molar-refractivity contribution in [3.63, 3.8) is 0 Å². The molecule has 1 aliphatic rings. The molecule has 1 aromatic heterocycles. The van der Waals surface area contributed by atoms with Gasteiger partial charge in [-0.05, 0) is 23.0 Å². The minimum atomic E-state index is -0.138. The number of morpholine rings is 1. The van der Waals surface area contributed by atoms with Crippen LogP contribution in [0.3, 0.4) is 0 Å². The Hall–Kier alpha value is -0.960. The lowest BCUT2D eigenvalue weighted by atomic mass is 10.2. The van der Waals surface area contributed by atoms with Gasteiger partial charge in [0.15, 0.2) is 0 Å². The number of hydrogen-bond acceptors (Lipinski definition) is 6. The SMILES string of the molecule is CNCC1CN(c2cnn(CCOC)c(=O)c2Br)CCO1. The van der Waals surface area contributed by atoms with Crippen molar-refractivity contribution < 1.29 is 9.47 Å². The maximum Gasteiger partial charge on any atom is 0.283 e. The maximum absolute atomic E-state index is 12.3. The summed E-state index contributed by atoms with van der Waals surface area (Å²) in [7, 11) is 3.50. The Morgan fingerprint density at radius 2 is 2.43 bits per heavy atom. The summed E-state index contributed by atoms with van der Waals surface area (Å²) < 4.78 is 12.6. The molecule has 21 heavy (non-hydrogen) atoms. The lowest BCUT2D eigenvalue weighted by Gasteiger charge is -2.34. The molecule has 2 rings (SSSR count). The van der Waals surface area contributed by atoms with Crippen LogP contribution in [-0.2, 0) is 16.0 Å². The van der Waals surface area contributed by atoms with Gasteiger partial charge in [-0.15, -0.1) is 0 Å². The summed E-state index contributed by atoms with van der Waals surface area (Å²) in [5.41, 5.74) is 0.680. The van der Waals surface area contributed by atoms with E-state index < -0.39 is 0 Å². The number of nitrogens with zero attached hydrogens (tertiary/aromatic N) is 3. The summed E-state index contributed by atoms with van der Waals surface area (Å²) in [5.74, 6) is 0. The molecule has 0 spiro atoms. The zero-order valence-corrected chi connectivity index (χ0v) is 13.9. The van der Waals surface area contributed by atoms with E-state index in [9.17, 15) is 4.79 Å². The van der Waals surface area contributed by atoms with Crippen LogP contribution in [0.15, 0.2) is 15.5 Å². The first kappa shape index (κ1) is 16.4. The smallest absolute Gasteiger partial charge is 0.283 e. The molecule has 1 N–H and O–H groups in total. The van der Waals surface area contributed by atoms with Gasteiger partial charge in [0.2, 0.25) is 0 Å². The molecule has 0 saturated carbocycles. The first-order valence-electron chi connectivity index (χ1n) is 6.93. The highest BCUT2D eigenvalue weighted by atomic mass is 79.9. The Bertz CT molecular complexity index is 521. The summed E-state index contributed by atoms with van der Waals surface area (Å²) in [6.45, 7) is 3.82. The second-order valence-corrected chi connectivity index (χ2v) is 5.65. The van der Waals surface area contributed by atoms with E-state index in [0.717, 1.165) is 25.3 Å². The van der Waals surface area contributed by atoms with E-state index in [2.05, 4.69) is 31.2 Å². The van der Waals surface area contributed by atoms with Gasteiger partial charge in [0.05, 0.1) is 37.7 Å². The van der Waals surface area contributed by atoms with Gasteiger partial charge in [-0.2, -0.15) is 5.10 Å². The lowest BCUT2D eigenvalue weighted by Crippen LogP contribution is -2.47. The number of nitrogens with one attached hydrogen (secondary N) is 1. The molecule has 0 amide bonds. The molecule has 7 nitrogen and oxygen atoms in total. The number of halogens is 1. The Balaban J connectivity index is 2.16. The fourth-order valence-corrected chi connectivity index (χ4v) is 2.86. The molecule has 118 valence electrons. The van der Waals surface area contributed by atoms with Gasteiger partial charge < -0.3 is 19.7 Å². The molecule has 1 fully saturated rings. The van der Waals surface area contributed by atoms with Crippen molar-refractivity contribution in [2.75, 3.05) is 51.9 Å². The number of anilines is 1. The van der Waals surface area contributed by atoms with Crippen LogP contribution < -0.4 is 15.8 Å². The first-order chi connectivity index (χ1) is 10.2. The normalized spacial score (nSPS) is 19.0. The minimum Gasteiger partial charge on any atom is -0.383 e. The number of ether oxygens (including phenoxy) is 2. The van der Waals surface area contributed by atoms with Gasteiger partial charge in [0, 0.05) is 26.7 Å². The zero-order chi connectivity index (χ0) is 15.2. The van der Waals surface area contributed by atoms with Crippen LogP contribution in [0.2, 0.25) is 0 Å². The number of hydrogen-bond donors (Lipinski definition) is 1. The summed E-state index contributed by atoms with van der Waals surface area (Å²) >= 11 is 3.41. The van der Waals surface area contributed by atoms with E-state index >= 15 is 0 Å². The highest BCUT2D eigenvalue weighted by Gasteiger charge is 2.23. The van der Waals surface area contributed by atoms with E-state index in [1.165, 1.54) is 4.68 Å². The first-order valence-corrected chi connectivity index (χ1v) is 7.72. The lowest BCUT2D eigenvalue weighted by molar-refractivity contribution is 0.0421. The largest absolute Gasteiger partial charge is 0.383 e. The van der Waals surface area contributed by atoms with Gasteiger partial charge in [-0.1, -0.05) is 0 Å². The second kappa shape index (κ2) is 7.88. The summed E-state index contributed by atoms with van der Waals surface area (Å²) in [4.78, 5) is 14.4. The van der Waals surface area contributed by atoms with Crippen molar-refractivity contribution in [1.29, 1.82) is 0 Å². The maximum atomic E-state index is 12.3. The zero-order valence-electron chi connectivity index (χ0n) is 12.3. The monoisotopic (exact) mass is 360 g/mol. The van der Waals surface area contributed by atoms with Crippen LogP contribution >= 0.6 is 15.9 Å². The van der Waals surface area contributed by atoms with E-state index in [4.69, 9.17) is 9.47 Å². The van der Waals surface area contributed by atoms with Crippen molar-refractivity contribution in [3.8, 4) is 0 Å². The highest BCUT2D eigenvalue weighted by molar-refractivity contribution is 9.10. The topological polar surface area (TPSA) is 68.6 Å². The van der Waals surface area contributed by atoms with Crippen molar-refractivity contribution in [2.24, 2.45) is 0 Å². The molecule has 0 radical (unpaired) electrons. The number of rotatable bonds is 6. The van der Waals surface area contributed by atoms with Crippen LogP contribution in [0.1, 0.15) is 0 Å². The molecule has 8 heteroatoms. The molecular formula is C13H21BrN4O3. The van der Waals surface area contributed by atoms with Crippen LogP contribution in [0.5, 0.6) is 0 Å². The average Bonchev–Trinajstić information content (AvgIpc) is 2.49. The molecule has 1 unspecified atom stereocenters. The summed E-state index contributed by atoms with van der Waals surface area (Å²) in [6.07, 6.45) is 1.84. The fourth-order valence-electron chi connectivity index (χ4n) is 2.30. The molecule has 0 bridgehead atoms. The van der Waals surface area contributed by atoms with E-state index in [1.54, 1.807) is 13.3 Å². The molecule has 1 saturated heterocycles.